The van der Waals surface area contributed by atoms with Gasteiger partial charge in [0.05, 0.1) is 0 Å². The van der Waals surface area contributed by atoms with Crippen molar-refractivity contribution in [2.45, 2.75) is 141 Å². The molecule has 23 heavy (non-hydrogen) atoms. The van der Waals surface area contributed by atoms with Gasteiger partial charge >= 0.3 is 0 Å². The lowest BCUT2D eigenvalue weighted by molar-refractivity contribution is 0.523. The first-order valence-electron chi connectivity index (χ1n) is 10.9. The monoisotopic (exact) mass is 344 g/mol. The van der Waals surface area contributed by atoms with E-state index < -0.39 is 0 Å². The SMILES string of the molecule is CCCCCCCCCCCCCCCCCCCCC(C)Cl. The highest BCUT2D eigenvalue weighted by molar-refractivity contribution is 6.20. The topological polar surface area (TPSA) is 0 Å². The van der Waals surface area contributed by atoms with Crippen LogP contribution in [0.1, 0.15) is 136 Å². The molecule has 0 nitrogen and oxygen atoms in total. The molecule has 0 heterocycles. The molecule has 1 atom stereocenters. The summed E-state index contributed by atoms with van der Waals surface area (Å²) in [6.45, 7) is 4.40. The van der Waals surface area contributed by atoms with E-state index in [1.54, 1.807) is 0 Å². The molecule has 0 N–H and O–H groups in total. The standard InChI is InChI=1S/C22H45Cl/c1-3-4-5-6-7-8-9-10-11-12-13-14-15-16-17-18-19-20-21-22(2)23/h22H,3-21H2,1-2H3. The van der Waals surface area contributed by atoms with Gasteiger partial charge in [0.25, 0.3) is 0 Å². The highest BCUT2D eigenvalue weighted by Crippen LogP contribution is 2.15. The molecule has 0 saturated carbocycles. The Morgan fingerprint density at radius 3 is 1.00 bits per heavy atom. The van der Waals surface area contributed by atoms with Gasteiger partial charge in [-0.1, -0.05) is 122 Å². The van der Waals surface area contributed by atoms with Crippen molar-refractivity contribution in [2.24, 2.45) is 0 Å². The zero-order valence-electron chi connectivity index (χ0n) is 16.4. The Balaban J connectivity index is 2.95. The lowest BCUT2D eigenvalue weighted by Gasteiger charge is -2.04. The van der Waals surface area contributed by atoms with Crippen LogP contribution >= 0.6 is 11.6 Å². The third-order valence-corrected chi connectivity index (χ3v) is 5.17. The van der Waals surface area contributed by atoms with E-state index in [1.807, 2.05) is 0 Å². The van der Waals surface area contributed by atoms with Crippen LogP contribution in [0.3, 0.4) is 0 Å². The van der Waals surface area contributed by atoms with Crippen LogP contribution in [0, 0.1) is 0 Å². The van der Waals surface area contributed by atoms with Crippen molar-refractivity contribution in [1.82, 2.24) is 0 Å². The van der Waals surface area contributed by atoms with E-state index in [9.17, 15) is 0 Å². The summed E-state index contributed by atoms with van der Waals surface area (Å²) in [5, 5.41) is 0.371. The van der Waals surface area contributed by atoms with Gasteiger partial charge in [-0.25, -0.2) is 0 Å². The van der Waals surface area contributed by atoms with Crippen molar-refractivity contribution in [1.29, 1.82) is 0 Å². The second kappa shape index (κ2) is 20.3. The summed E-state index contributed by atoms with van der Waals surface area (Å²) in [6, 6.07) is 0. The zero-order valence-corrected chi connectivity index (χ0v) is 17.1. The predicted molar refractivity (Wildman–Crippen MR) is 109 cm³/mol. The minimum atomic E-state index is 0.371. The largest absolute Gasteiger partial charge is 0.123 e. The molecule has 0 spiro atoms. The number of rotatable bonds is 19. The molecule has 0 aromatic carbocycles. The van der Waals surface area contributed by atoms with Crippen molar-refractivity contribution in [3.05, 3.63) is 0 Å². The molecule has 0 bridgehead atoms. The van der Waals surface area contributed by atoms with Crippen LogP contribution in [-0.2, 0) is 0 Å². The quantitative estimate of drug-likeness (QED) is 0.162. The fourth-order valence-electron chi connectivity index (χ4n) is 3.33. The Bertz CT molecular complexity index is 200. The maximum absolute atomic E-state index is 5.95. The first-order chi connectivity index (χ1) is 11.3. The third kappa shape index (κ3) is 22.3. The van der Waals surface area contributed by atoms with Crippen LogP contribution in [0.5, 0.6) is 0 Å². The average molecular weight is 345 g/mol. The smallest absolute Gasteiger partial charge is 0.0307 e. The molecule has 0 amide bonds. The third-order valence-electron chi connectivity index (χ3n) is 4.96. The van der Waals surface area contributed by atoms with Gasteiger partial charge < -0.3 is 0 Å². The Morgan fingerprint density at radius 1 is 0.478 bits per heavy atom. The highest BCUT2D eigenvalue weighted by atomic mass is 35.5. The number of alkyl halides is 1. The fourth-order valence-corrected chi connectivity index (χ4v) is 3.48. The Morgan fingerprint density at radius 2 is 0.739 bits per heavy atom. The fraction of sp³-hybridized carbons (Fsp3) is 1.00. The first-order valence-corrected chi connectivity index (χ1v) is 11.3. The Labute approximate surface area is 153 Å². The maximum atomic E-state index is 5.95. The number of hydrogen-bond acceptors (Lipinski definition) is 0. The maximum Gasteiger partial charge on any atom is 0.0307 e. The normalized spacial score (nSPS) is 12.7. The summed E-state index contributed by atoms with van der Waals surface area (Å²) in [7, 11) is 0. The second-order valence-electron chi connectivity index (χ2n) is 7.58. The van der Waals surface area contributed by atoms with Crippen LogP contribution in [0.4, 0.5) is 0 Å². The molecule has 1 unspecified atom stereocenters. The van der Waals surface area contributed by atoms with Crippen molar-refractivity contribution in [2.75, 3.05) is 0 Å². The summed E-state index contributed by atoms with van der Waals surface area (Å²) < 4.78 is 0. The van der Waals surface area contributed by atoms with Crippen molar-refractivity contribution >= 4 is 11.6 Å². The lowest BCUT2D eigenvalue weighted by atomic mass is 10.0. The molecule has 0 aromatic rings. The van der Waals surface area contributed by atoms with Gasteiger partial charge in [0.2, 0.25) is 0 Å². The van der Waals surface area contributed by atoms with Crippen molar-refractivity contribution in [3.8, 4) is 0 Å². The molecule has 1 heteroatoms. The summed E-state index contributed by atoms with van der Waals surface area (Å²) in [6.07, 6.45) is 27.2. The summed E-state index contributed by atoms with van der Waals surface area (Å²) in [5.74, 6) is 0. The number of halogens is 1. The first kappa shape index (κ1) is 23.3. The second-order valence-corrected chi connectivity index (χ2v) is 8.32. The molecule has 0 radical (unpaired) electrons. The van der Waals surface area contributed by atoms with Crippen LogP contribution in [0.15, 0.2) is 0 Å². The van der Waals surface area contributed by atoms with E-state index in [0.717, 1.165) is 0 Å². The molecular weight excluding hydrogens is 300 g/mol. The summed E-state index contributed by atoms with van der Waals surface area (Å²) >= 11 is 5.95. The lowest BCUT2D eigenvalue weighted by Crippen LogP contribution is -1.90. The van der Waals surface area contributed by atoms with E-state index in [-0.39, 0.29) is 0 Å². The number of hydrogen-bond donors (Lipinski definition) is 0. The minimum Gasteiger partial charge on any atom is -0.123 e. The van der Waals surface area contributed by atoms with Gasteiger partial charge in [-0.3, -0.25) is 0 Å². The van der Waals surface area contributed by atoms with Crippen LogP contribution in [0.2, 0.25) is 0 Å². The van der Waals surface area contributed by atoms with Crippen LogP contribution < -0.4 is 0 Å². The van der Waals surface area contributed by atoms with Gasteiger partial charge in [-0.15, -0.1) is 11.6 Å². The molecule has 140 valence electrons. The molecule has 0 aliphatic rings. The summed E-state index contributed by atoms with van der Waals surface area (Å²) in [4.78, 5) is 0. The van der Waals surface area contributed by atoms with E-state index >= 15 is 0 Å². The van der Waals surface area contributed by atoms with Gasteiger partial charge in [0.1, 0.15) is 0 Å². The Hall–Kier alpha value is 0.290. The molecule has 0 aliphatic carbocycles. The Kier molecular flexibility index (Phi) is 20.6. The molecule has 0 fully saturated rings. The van der Waals surface area contributed by atoms with Crippen molar-refractivity contribution in [3.63, 3.8) is 0 Å². The zero-order chi connectivity index (χ0) is 17.0. The van der Waals surface area contributed by atoms with Crippen LogP contribution in [-0.4, -0.2) is 5.38 Å². The highest BCUT2D eigenvalue weighted by Gasteiger charge is 1.97. The van der Waals surface area contributed by atoms with Crippen molar-refractivity contribution < 1.29 is 0 Å². The molecule has 0 aromatic heterocycles. The summed E-state index contributed by atoms with van der Waals surface area (Å²) in [5.41, 5.74) is 0. The predicted octanol–water partition coefficient (Wildman–Crippen LogP) is 9.05. The molecule has 0 rings (SSSR count). The van der Waals surface area contributed by atoms with E-state index in [1.165, 1.54) is 122 Å². The molecule has 0 aliphatic heterocycles. The minimum absolute atomic E-state index is 0.371. The van der Waals surface area contributed by atoms with E-state index in [4.69, 9.17) is 11.6 Å². The van der Waals surface area contributed by atoms with Gasteiger partial charge in [0, 0.05) is 5.38 Å². The number of unbranched alkanes of at least 4 members (excludes halogenated alkanes) is 17. The van der Waals surface area contributed by atoms with Gasteiger partial charge in [-0.05, 0) is 13.3 Å². The van der Waals surface area contributed by atoms with E-state index in [0.29, 0.717) is 5.38 Å². The van der Waals surface area contributed by atoms with Gasteiger partial charge in [-0.2, -0.15) is 0 Å². The average Bonchev–Trinajstić information content (AvgIpc) is 2.53. The molecule has 0 saturated heterocycles. The molecular formula is C22H45Cl. The van der Waals surface area contributed by atoms with Crippen LogP contribution in [0.25, 0.3) is 0 Å². The van der Waals surface area contributed by atoms with E-state index in [2.05, 4.69) is 13.8 Å². The van der Waals surface area contributed by atoms with Gasteiger partial charge in [0.15, 0.2) is 0 Å².